The molecule has 0 radical (unpaired) electrons. The highest BCUT2D eigenvalue weighted by atomic mass is 16.6. The number of ether oxygens (including phenoxy) is 9. The Hall–Kier alpha value is -1.87. The molecule has 0 heterocycles. The van der Waals surface area contributed by atoms with Crippen LogP contribution in [0.5, 0.6) is 0 Å². The zero-order valence-electron chi connectivity index (χ0n) is 25.5. The fourth-order valence-electron chi connectivity index (χ4n) is 3.24. The molecule has 0 unspecified atom stereocenters. The Morgan fingerprint density at radius 2 is 0.690 bits per heavy atom. The predicted octanol–water partition coefficient (Wildman–Crippen LogP) is 2.80. The van der Waals surface area contributed by atoms with E-state index in [1.165, 1.54) is 0 Å². The van der Waals surface area contributed by atoms with E-state index in [-0.39, 0.29) is 44.6 Å². The van der Waals surface area contributed by atoms with Crippen LogP contribution < -0.4 is 0 Å². The molecule has 13 heteroatoms. The minimum Gasteiger partial charge on any atom is -0.481 e. The van der Waals surface area contributed by atoms with Gasteiger partial charge in [-0.2, -0.15) is 0 Å². The normalized spacial score (nSPS) is 11.1. The van der Waals surface area contributed by atoms with Crippen molar-refractivity contribution in [1.29, 1.82) is 0 Å². The minimum atomic E-state index is -0.864. The Morgan fingerprint density at radius 1 is 0.405 bits per heavy atom. The molecule has 42 heavy (non-hydrogen) atoms. The quantitative estimate of drug-likeness (QED) is 0.0839. The lowest BCUT2D eigenvalue weighted by atomic mass is 10.2. The maximum atomic E-state index is 11.5. The number of unbranched alkanes of at least 4 members (excludes halogenated alkanes) is 4. The van der Waals surface area contributed by atoms with Crippen molar-refractivity contribution in [2.75, 3.05) is 106 Å². The fourth-order valence-corrected chi connectivity index (χ4v) is 3.24. The third-order valence-corrected chi connectivity index (χ3v) is 5.47. The molecule has 0 bridgehead atoms. The molecule has 0 aliphatic heterocycles. The average Bonchev–Trinajstić information content (AvgIpc) is 2.97. The van der Waals surface area contributed by atoms with Gasteiger partial charge in [0.25, 0.3) is 0 Å². The maximum Gasteiger partial charge on any atom is 0.305 e. The van der Waals surface area contributed by atoms with E-state index < -0.39 is 5.97 Å². The first-order valence-corrected chi connectivity index (χ1v) is 15.1. The maximum absolute atomic E-state index is 11.5. The van der Waals surface area contributed by atoms with Crippen LogP contribution in [-0.2, 0) is 57.0 Å². The average molecular weight is 611 g/mol. The number of rotatable bonds is 34. The zero-order chi connectivity index (χ0) is 30.8. The van der Waals surface area contributed by atoms with Crippen molar-refractivity contribution < 1.29 is 62.1 Å². The molecule has 0 atom stereocenters. The molecular formula is C29H54O13. The van der Waals surface area contributed by atoms with Crippen molar-refractivity contribution in [1.82, 2.24) is 0 Å². The van der Waals surface area contributed by atoms with Crippen molar-refractivity contribution >= 4 is 17.9 Å². The summed E-state index contributed by atoms with van der Waals surface area (Å²) >= 11 is 0. The molecule has 0 aliphatic carbocycles. The number of carbonyl (C=O) groups is 3. The van der Waals surface area contributed by atoms with Gasteiger partial charge < -0.3 is 47.7 Å². The first kappa shape index (κ1) is 40.1. The molecular weight excluding hydrogens is 556 g/mol. The van der Waals surface area contributed by atoms with Gasteiger partial charge in [0, 0.05) is 19.3 Å². The Morgan fingerprint density at radius 3 is 1.00 bits per heavy atom. The van der Waals surface area contributed by atoms with E-state index in [1.54, 1.807) is 0 Å². The van der Waals surface area contributed by atoms with Crippen LogP contribution in [0.3, 0.4) is 0 Å². The fraction of sp³-hybridized carbons (Fsp3) is 0.897. The van der Waals surface area contributed by atoms with Gasteiger partial charge in [0.15, 0.2) is 0 Å². The van der Waals surface area contributed by atoms with Gasteiger partial charge in [-0.05, 0) is 19.3 Å². The summed E-state index contributed by atoms with van der Waals surface area (Å²) in [5, 5.41) is 8.53. The number of carboxylic acids is 1. The van der Waals surface area contributed by atoms with Gasteiger partial charge in [0.2, 0.25) is 0 Å². The number of hydrogen-bond donors (Lipinski definition) is 1. The molecule has 13 nitrogen and oxygen atoms in total. The summed E-state index contributed by atoms with van der Waals surface area (Å²) in [6.07, 6.45) is 5.95. The largest absolute Gasteiger partial charge is 0.481 e. The third-order valence-electron chi connectivity index (χ3n) is 5.47. The van der Waals surface area contributed by atoms with E-state index >= 15 is 0 Å². The van der Waals surface area contributed by atoms with Gasteiger partial charge in [-0.3, -0.25) is 14.4 Å². The van der Waals surface area contributed by atoms with E-state index in [0.29, 0.717) is 105 Å². The molecule has 248 valence electrons. The topological polar surface area (TPSA) is 155 Å². The van der Waals surface area contributed by atoms with Gasteiger partial charge in [-0.15, -0.1) is 0 Å². The van der Waals surface area contributed by atoms with Gasteiger partial charge in [-0.25, -0.2) is 0 Å². The summed E-state index contributed by atoms with van der Waals surface area (Å²) in [6, 6.07) is 0. The van der Waals surface area contributed by atoms with Gasteiger partial charge in [0.1, 0.15) is 13.2 Å². The standard InChI is InChI=1S/C29H54O13/c1-2-3-4-5-9-28(32)41-25-23-39-21-19-37-17-15-35-13-11-34-12-14-36-16-18-38-20-22-40-24-26-42-29(33)10-7-6-8-27(30)31/h2-26H2,1H3,(H,30,31). The summed E-state index contributed by atoms with van der Waals surface area (Å²) < 4.78 is 47.9. The van der Waals surface area contributed by atoms with E-state index in [9.17, 15) is 14.4 Å². The molecule has 0 amide bonds. The Bertz CT molecular complexity index is 618. The van der Waals surface area contributed by atoms with Gasteiger partial charge in [0.05, 0.1) is 92.5 Å². The Labute approximate surface area is 250 Å². The van der Waals surface area contributed by atoms with Crippen LogP contribution in [0.2, 0.25) is 0 Å². The number of aliphatic carboxylic acids is 1. The third kappa shape index (κ3) is 34.3. The Kier molecular flexibility index (Phi) is 32.1. The summed E-state index contributed by atoms with van der Waals surface area (Å²) in [4.78, 5) is 33.4. The molecule has 0 rings (SSSR count). The highest BCUT2D eigenvalue weighted by molar-refractivity contribution is 5.70. The van der Waals surface area contributed by atoms with Crippen LogP contribution in [0, 0.1) is 0 Å². The second-order valence-corrected chi connectivity index (χ2v) is 9.14. The number of esters is 2. The SMILES string of the molecule is CCCCCCC(=O)OCCOCCOCCOCCOCCOCCOCCOCCOC(=O)CCCCC(=O)O. The smallest absolute Gasteiger partial charge is 0.305 e. The molecule has 0 aromatic carbocycles. The van der Waals surface area contributed by atoms with Crippen molar-refractivity contribution in [3.05, 3.63) is 0 Å². The molecule has 0 fully saturated rings. The minimum absolute atomic E-state index is 0.0597. The summed E-state index contributed by atoms with van der Waals surface area (Å²) in [5.41, 5.74) is 0. The van der Waals surface area contributed by atoms with E-state index in [2.05, 4.69) is 6.92 Å². The monoisotopic (exact) mass is 610 g/mol. The second kappa shape index (κ2) is 33.6. The van der Waals surface area contributed by atoms with Crippen LogP contribution >= 0.6 is 0 Å². The predicted molar refractivity (Wildman–Crippen MR) is 153 cm³/mol. The second-order valence-electron chi connectivity index (χ2n) is 9.14. The summed E-state index contributed by atoms with van der Waals surface area (Å²) in [7, 11) is 0. The van der Waals surface area contributed by atoms with Crippen molar-refractivity contribution in [3.63, 3.8) is 0 Å². The Balaban J connectivity index is 3.14. The van der Waals surface area contributed by atoms with Crippen LogP contribution in [0.4, 0.5) is 0 Å². The first-order chi connectivity index (χ1) is 20.6. The molecule has 0 spiro atoms. The van der Waals surface area contributed by atoms with Crippen molar-refractivity contribution in [2.45, 2.75) is 64.7 Å². The molecule has 1 N–H and O–H groups in total. The molecule has 0 aromatic rings. The molecule has 0 aliphatic rings. The van der Waals surface area contributed by atoms with Gasteiger partial charge >= 0.3 is 17.9 Å². The van der Waals surface area contributed by atoms with Crippen LogP contribution in [-0.4, -0.2) is 129 Å². The zero-order valence-corrected chi connectivity index (χ0v) is 25.5. The summed E-state index contributed by atoms with van der Waals surface area (Å²) in [5.74, 6) is -1.37. The first-order valence-electron chi connectivity index (χ1n) is 15.1. The van der Waals surface area contributed by atoms with Gasteiger partial charge in [-0.1, -0.05) is 26.2 Å². The number of carbonyl (C=O) groups excluding carboxylic acids is 2. The lowest BCUT2D eigenvalue weighted by molar-refractivity contribution is -0.146. The number of hydrogen-bond acceptors (Lipinski definition) is 12. The lowest BCUT2D eigenvalue weighted by Gasteiger charge is -2.09. The highest BCUT2D eigenvalue weighted by Gasteiger charge is 2.04. The molecule has 0 saturated heterocycles. The molecule has 0 aromatic heterocycles. The van der Waals surface area contributed by atoms with E-state index in [4.69, 9.17) is 47.7 Å². The highest BCUT2D eigenvalue weighted by Crippen LogP contribution is 2.03. The van der Waals surface area contributed by atoms with Crippen LogP contribution in [0.25, 0.3) is 0 Å². The lowest BCUT2D eigenvalue weighted by Crippen LogP contribution is -2.15. The van der Waals surface area contributed by atoms with Crippen molar-refractivity contribution in [3.8, 4) is 0 Å². The number of carboxylic acid groups (broad SMARTS) is 1. The van der Waals surface area contributed by atoms with E-state index in [1.807, 2.05) is 0 Å². The molecule has 0 saturated carbocycles. The van der Waals surface area contributed by atoms with Crippen LogP contribution in [0.1, 0.15) is 64.7 Å². The van der Waals surface area contributed by atoms with Crippen molar-refractivity contribution in [2.24, 2.45) is 0 Å². The summed E-state index contributed by atoms with van der Waals surface area (Å²) in [6.45, 7) is 8.61. The van der Waals surface area contributed by atoms with Crippen LogP contribution in [0.15, 0.2) is 0 Å². The van der Waals surface area contributed by atoms with E-state index in [0.717, 1.165) is 25.7 Å².